The molecule has 0 unspecified atom stereocenters. The molecule has 0 bridgehead atoms. The van der Waals surface area contributed by atoms with E-state index in [1.807, 2.05) is 19.1 Å². The first-order valence-electron chi connectivity index (χ1n) is 3.48. The minimum Gasteiger partial charge on any atom is -0.319 e. The fraction of sp³-hybridized carbons (Fsp3) is 0.375. The van der Waals surface area contributed by atoms with Crippen LogP contribution in [0.25, 0.3) is 0 Å². The topological polar surface area (TPSA) is 30.0 Å². The number of pyridine rings is 1. The SMILES string of the molecule is Cc1ccc(P(C)(C)=O)cn1. The predicted octanol–water partition coefficient (Wildman–Crippen LogP) is 1.64. The molecule has 1 heterocycles. The normalized spacial score (nSPS) is 11.5. The molecule has 0 aliphatic carbocycles. The van der Waals surface area contributed by atoms with E-state index in [0.29, 0.717) is 0 Å². The molecule has 0 spiro atoms. The largest absolute Gasteiger partial charge is 0.319 e. The minimum atomic E-state index is -2.10. The van der Waals surface area contributed by atoms with Crippen molar-refractivity contribution in [2.45, 2.75) is 6.92 Å². The van der Waals surface area contributed by atoms with Crippen LogP contribution < -0.4 is 5.30 Å². The Bertz CT molecular complexity index is 285. The third-order valence-electron chi connectivity index (χ3n) is 1.52. The fourth-order valence-corrected chi connectivity index (χ4v) is 1.55. The zero-order chi connectivity index (χ0) is 8.48. The summed E-state index contributed by atoms with van der Waals surface area (Å²) in [4.78, 5) is 4.07. The van der Waals surface area contributed by atoms with Gasteiger partial charge in [0, 0.05) is 17.2 Å². The highest BCUT2D eigenvalue weighted by Crippen LogP contribution is 2.33. The van der Waals surface area contributed by atoms with Crippen LogP contribution in [0.2, 0.25) is 0 Å². The van der Waals surface area contributed by atoms with Gasteiger partial charge in [-0.25, -0.2) is 0 Å². The number of aromatic nitrogens is 1. The van der Waals surface area contributed by atoms with Gasteiger partial charge in [0.25, 0.3) is 0 Å². The van der Waals surface area contributed by atoms with Gasteiger partial charge in [-0.1, -0.05) is 0 Å². The van der Waals surface area contributed by atoms with Crippen LogP contribution in [0.15, 0.2) is 18.3 Å². The highest BCUT2D eigenvalue weighted by molar-refractivity contribution is 7.70. The van der Waals surface area contributed by atoms with Crippen molar-refractivity contribution in [1.82, 2.24) is 4.98 Å². The molecule has 0 fully saturated rings. The summed E-state index contributed by atoms with van der Waals surface area (Å²) >= 11 is 0. The summed E-state index contributed by atoms with van der Waals surface area (Å²) in [6.45, 7) is 5.42. The first-order chi connectivity index (χ1) is 5.00. The number of hydrogen-bond donors (Lipinski definition) is 0. The summed E-state index contributed by atoms with van der Waals surface area (Å²) in [5.74, 6) is 0. The lowest BCUT2D eigenvalue weighted by Gasteiger charge is -2.04. The third kappa shape index (κ3) is 2.16. The number of aryl methyl sites for hydroxylation is 1. The van der Waals surface area contributed by atoms with E-state index in [2.05, 4.69) is 4.98 Å². The van der Waals surface area contributed by atoms with Gasteiger partial charge in [-0.05, 0) is 32.4 Å². The average molecular weight is 169 g/mol. The second kappa shape index (κ2) is 2.78. The van der Waals surface area contributed by atoms with Crippen LogP contribution >= 0.6 is 7.14 Å². The maximum Gasteiger partial charge on any atom is 0.111 e. The van der Waals surface area contributed by atoms with E-state index < -0.39 is 7.14 Å². The van der Waals surface area contributed by atoms with Crippen LogP contribution in [0.1, 0.15) is 5.69 Å². The first kappa shape index (κ1) is 8.48. The van der Waals surface area contributed by atoms with Gasteiger partial charge in [-0.2, -0.15) is 0 Å². The Hall–Kier alpha value is -0.620. The zero-order valence-corrected chi connectivity index (χ0v) is 7.93. The van der Waals surface area contributed by atoms with Gasteiger partial charge >= 0.3 is 0 Å². The summed E-state index contributed by atoms with van der Waals surface area (Å²) in [6, 6.07) is 3.76. The van der Waals surface area contributed by atoms with Crippen molar-refractivity contribution in [2.24, 2.45) is 0 Å². The number of hydrogen-bond acceptors (Lipinski definition) is 2. The Morgan fingerprint density at radius 3 is 2.36 bits per heavy atom. The van der Waals surface area contributed by atoms with Crippen LogP contribution in [-0.4, -0.2) is 18.3 Å². The van der Waals surface area contributed by atoms with Gasteiger partial charge in [-0.3, -0.25) is 4.98 Å². The standard InChI is InChI=1S/C8H12NOP/c1-7-4-5-8(6-9-7)11(2,3)10/h4-6H,1-3H3. The van der Waals surface area contributed by atoms with Crippen molar-refractivity contribution in [1.29, 1.82) is 0 Å². The molecule has 3 heteroatoms. The van der Waals surface area contributed by atoms with E-state index in [0.717, 1.165) is 11.0 Å². The lowest BCUT2D eigenvalue weighted by molar-refractivity contribution is 0.588. The van der Waals surface area contributed by atoms with Crippen molar-refractivity contribution in [3.05, 3.63) is 24.0 Å². The Balaban J connectivity index is 3.09. The van der Waals surface area contributed by atoms with Crippen LogP contribution in [-0.2, 0) is 4.57 Å². The molecule has 0 amide bonds. The smallest absolute Gasteiger partial charge is 0.111 e. The van der Waals surface area contributed by atoms with E-state index in [9.17, 15) is 4.57 Å². The summed E-state index contributed by atoms with van der Waals surface area (Å²) in [7, 11) is -2.10. The molecule has 0 radical (unpaired) electrons. The molecule has 11 heavy (non-hydrogen) atoms. The van der Waals surface area contributed by atoms with Crippen molar-refractivity contribution in [3.8, 4) is 0 Å². The lowest BCUT2D eigenvalue weighted by atomic mass is 10.4. The van der Waals surface area contributed by atoms with Crippen LogP contribution in [0.5, 0.6) is 0 Å². The van der Waals surface area contributed by atoms with Crippen LogP contribution in [0, 0.1) is 6.92 Å². The van der Waals surface area contributed by atoms with Gasteiger partial charge < -0.3 is 4.57 Å². The highest BCUT2D eigenvalue weighted by atomic mass is 31.2. The van der Waals surface area contributed by atoms with Crippen molar-refractivity contribution in [2.75, 3.05) is 13.3 Å². The quantitative estimate of drug-likeness (QED) is 0.598. The predicted molar refractivity (Wildman–Crippen MR) is 48.1 cm³/mol. The molecule has 60 valence electrons. The second-order valence-corrected chi connectivity index (χ2v) is 6.23. The second-order valence-electron chi connectivity index (χ2n) is 3.01. The zero-order valence-electron chi connectivity index (χ0n) is 7.03. The summed E-state index contributed by atoms with van der Waals surface area (Å²) in [6.07, 6.45) is 1.69. The van der Waals surface area contributed by atoms with Crippen LogP contribution in [0.4, 0.5) is 0 Å². The molecule has 0 saturated carbocycles. The summed E-state index contributed by atoms with van der Waals surface area (Å²) in [5.41, 5.74) is 0.960. The Morgan fingerprint density at radius 1 is 1.36 bits per heavy atom. The highest BCUT2D eigenvalue weighted by Gasteiger charge is 2.09. The molecule has 0 N–H and O–H groups in total. The Labute approximate surface area is 67.0 Å². The first-order valence-corrected chi connectivity index (χ1v) is 6.08. The van der Waals surface area contributed by atoms with Gasteiger partial charge in [0.1, 0.15) is 7.14 Å². The molecule has 1 aromatic rings. The summed E-state index contributed by atoms with van der Waals surface area (Å²) in [5, 5.41) is 0.850. The van der Waals surface area contributed by atoms with Gasteiger partial charge in [0.2, 0.25) is 0 Å². The third-order valence-corrected chi connectivity index (χ3v) is 3.03. The van der Waals surface area contributed by atoms with Gasteiger partial charge in [-0.15, -0.1) is 0 Å². The molecule has 1 aromatic heterocycles. The Morgan fingerprint density at radius 2 is 2.00 bits per heavy atom. The number of nitrogens with zero attached hydrogens (tertiary/aromatic N) is 1. The monoisotopic (exact) mass is 169 g/mol. The minimum absolute atomic E-state index is 0.850. The lowest BCUT2D eigenvalue weighted by Crippen LogP contribution is -2.03. The van der Waals surface area contributed by atoms with Crippen LogP contribution in [0.3, 0.4) is 0 Å². The maximum atomic E-state index is 11.5. The molecule has 0 aromatic carbocycles. The molecule has 1 rings (SSSR count). The van der Waals surface area contributed by atoms with Gasteiger partial charge in [0.05, 0.1) is 0 Å². The molecule has 2 nitrogen and oxygen atoms in total. The summed E-state index contributed by atoms with van der Waals surface area (Å²) < 4.78 is 11.5. The van der Waals surface area contributed by atoms with Crippen molar-refractivity contribution >= 4 is 12.4 Å². The number of rotatable bonds is 1. The van der Waals surface area contributed by atoms with Gasteiger partial charge in [0.15, 0.2) is 0 Å². The van der Waals surface area contributed by atoms with E-state index in [4.69, 9.17) is 0 Å². The van der Waals surface area contributed by atoms with Crippen molar-refractivity contribution in [3.63, 3.8) is 0 Å². The van der Waals surface area contributed by atoms with E-state index in [1.165, 1.54) is 0 Å². The molecule has 0 saturated heterocycles. The molecule has 0 atom stereocenters. The molecular formula is C8H12NOP. The Kier molecular flexibility index (Phi) is 2.15. The van der Waals surface area contributed by atoms with E-state index in [1.54, 1.807) is 19.5 Å². The molecule has 0 aliphatic rings. The molecular weight excluding hydrogens is 157 g/mol. The maximum absolute atomic E-state index is 11.5. The average Bonchev–Trinajstić information content (AvgIpc) is 1.86. The molecule has 0 aliphatic heterocycles. The van der Waals surface area contributed by atoms with E-state index >= 15 is 0 Å². The van der Waals surface area contributed by atoms with E-state index in [-0.39, 0.29) is 0 Å². The fourth-order valence-electron chi connectivity index (χ4n) is 0.779. The van der Waals surface area contributed by atoms with Crippen molar-refractivity contribution < 1.29 is 4.57 Å².